The summed E-state index contributed by atoms with van der Waals surface area (Å²) in [6, 6.07) is 4.26. The maximum atomic E-state index is 12.7. The number of amides is 2. The van der Waals surface area contributed by atoms with Crippen LogP contribution in [0.4, 0.5) is 9.18 Å². The normalized spacial score (nSPS) is 11.7. The predicted molar refractivity (Wildman–Crippen MR) is 68.1 cm³/mol. The van der Waals surface area contributed by atoms with Crippen LogP contribution in [0.5, 0.6) is 0 Å². The zero-order chi connectivity index (χ0) is 14.3. The maximum absolute atomic E-state index is 12.7. The highest BCUT2D eigenvalue weighted by molar-refractivity contribution is 5.82. The summed E-state index contributed by atoms with van der Waals surface area (Å²) in [7, 11) is 0. The summed E-state index contributed by atoms with van der Waals surface area (Å²) in [6.45, 7) is 2.05. The molecule has 0 spiro atoms. The molecular formula is C13H17FN2O3. The second-order valence-corrected chi connectivity index (χ2v) is 4.13. The van der Waals surface area contributed by atoms with Crippen molar-refractivity contribution in [3.8, 4) is 0 Å². The van der Waals surface area contributed by atoms with Crippen LogP contribution in [-0.4, -0.2) is 23.1 Å². The molecule has 2 amide bonds. The highest BCUT2D eigenvalue weighted by atomic mass is 19.1. The van der Waals surface area contributed by atoms with E-state index in [1.165, 1.54) is 12.1 Å². The van der Waals surface area contributed by atoms with Gasteiger partial charge in [0.15, 0.2) is 0 Å². The molecule has 0 aromatic heterocycles. The number of benzene rings is 1. The van der Waals surface area contributed by atoms with E-state index in [1.807, 2.05) is 6.92 Å². The van der Waals surface area contributed by atoms with Crippen molar-refractivity contribution in [1.29, 1.82) is 0 Å². The van der Waals surface area contributed by atoms with Crippen LogP contribution in [0.3, 0.4) is 0 Å². The van der Waals surface area contributed by atoms with E-state index in [-0.39, 0.29) is 12.4 Å². The predicted octanol–water partition coefficient (Wildman–Crippen LogP) is 1.88. The van der Waals surface area contributed by atoms with Gasteiger partial charge in [-0.3, -0.25) is 0 Å². The number of urea groups is 1. The van der Waals surface area contributed by atoms with Crippen LogP contribution in [0.2, 0.25) is 0 Å². The fourth-order valence-corrected chi connectivity index (χ4v) is 1.54. The van der Waals surface area contributed by atoms with Gasteiger partial charge in [0.2, 0.25) is 0 Å². The average molecular weight is 268 g/mol. The minimum Gasteiger partial charge on any atom is -0.480 e. The fourth-order valence-electron chi connectivity index (χ4n) is 1.54. The van der Waals surface area contributed by atoms with Crippen molar-refractivity contribution in [2.75, 3.05) is 0 Å². The largest absolute Gasteiger partial charge is 0.480 e. The van der Waals surface area contributed by atoms with E-state index in [9.17, 15) is 14.0 Å². The molecule has 0 radical (unpaired) electrons. The summed E-state index contributed by atoms with van der Waals surface area (Å²) in [5, 5.41) is 13.8. The third kappa shape index (κ3) is 5.37. The van der Waals surface area contributed by atoms with Crippen molar-refractivity contribution in [3.05, 3.63) is 35.6 Å². The molecule has 1 atom stereocenters. The first-order valence-corrected chi connectivity index (χ1v) is 6.04. The van der Waals surface area contributed by atoms with Crippen molar-refractivity contribution in [2.45, 2.75) is 32.4 Å². The van der Waals surface area contributed by atoms with E-state index in [4.69, 9.17) is 5.11 Å². The number of nitrogens with one attached hydrogen (secondary N) is 2. The Morgan fingerprint density at radius 1 is 1.32 bits per heavy atom. The third-order valence-electron chi connectivity index (χ3n) is 2.55. The molecule has 0 aliphatic carbocycles. The molecule has 104 valence electrons. The lowest BCUT2D eigenvalue weighted by Gasteiger charge is -2.14. The topological polar surface area (TPSA) is 78.4 Å². The number of carbonyl (C=O) groups is 2. The third-order valence-corrected chi connectivity index (χ3v) is 2.55. The second-order valence-electron chi connectivity index (χ2n) is 4.13. The molecule has 0 unspecified atom stereocenters. The maximum Gasteiger partial charge on any atom is 0.326 e. The number of carboxylic acid groups (broad SMARTS) is 1. The molecule has 0 saturated heterocycles. The van der Waals surface area contributed by atoms with E-state index in [0.29, 0.717) is 12.8 Å². The van der Waals surface area contributed by atoms with E-state index in [0.717, 1.165) is 5.56 Å². The molecule has 1 aromatic carbocycles. The Hall–Kier alpha value is -2.11. The molecular weight excluding hydrogens is 251 g/mol. The molecule has 0 aliphatic heterocycles. The highest BCUT2D eigenvalue weighted by Crippen LogP contribution is 2.02. The minimum absolute atomic E-state index is 0.213. The quantitative estimate of drug-likeness (QED) is 0.737. The smallest absolute Gasteiger partial charge is 0.326 e. The van der Waals surface area contributed by atoms with Gasteiger partial charge in [-0.25, -0.2) is 14.0 Å². The number of carboxylic acids is 1. The summed E-state index contributed by atoms with van der Waals surface area (Å²) in [6.07, 6.45) is 1.04. The van der Waals surface area contributed by atoms with Gasteiger partial charge in [0.05, 0.1) is 0 Å². The summed E-state index contributed by atoms with van der Waals surface area (Å²) >= 11 is 0. The molecule has 1 rings (SSSR count). The van der Waals surface area contributed by atoms with Crippen LogP contribution in [0.25, 0.3) is 0 Å². The molecule has 0 heterocycles. The van der Waals surface area contributed by atoms with Crippen molar-refractivity contribution in [3.63, 3.8) is 0 Å². The van der Waals surface area contributed by atoms with Crippen molar-refractivity contribution < 1.29 is 19.1 Å². The van der Waals surface area contributed by atoms with Gasteiger partial charge in [0.25, 0.3) is 0 Å². The van der Waals surface area contributed by atoms with Gasteiger partial charge >= 0.3 is 12.0 Å². The Morgan fingerprint density at radius 3 is 2.47 bits per heavy atom. The Bertz CT molecular complexity index is 434. The van der Waals surface area contributed by atoms with Crippen LogP contribution in [0.15, 0.2) is 24.3 Å². The van der Waals surface area contributed by atoms with Crippen molar-refractivity contribution >= 4 is 12.0 Å². The molecule has 6 heteroatoms. The van der Waals surface area contributed by atoms with Crippen LogP contribution in [0, 0.1) is 5.82 Å². The van der Waals surface area contributed by atoms with E-state index in [1.54, 1.807) is 12.1 Å². The van der Waals surface area contributed by atoms with Crippen LogP contribution >= 0.6 is 0 Å². The van der Waals surface area contributed by atoms with Gasteiger partial charge in [-0.15, -0.1) is 0 Å². The van der Waals surface area contributed by atoms with Gasteiger partial charge in [-0.05, 0) is 24.1 Å². The summed E-state index contributed by atoms with van der Waals surface area (Å²) < 4.78 is 12.7. The summed E-state index contributed by atoms with van der Waals surface area (Å²) in [5.41, 5.74) is 0.735. The van der Waals surface area contributed by atoms with Crippen molar-refractivity contribution in [1.82, 2.24) is 10.6 Å². The van der Waals surface area contributed by atoms with Gasteiger partial charge in [0, 0.05) is 6.54 Å². The van der Waals surface area contributed by atoms with Gasteiger partial charge in [-0.2, -0.15) is 0 Å². The molecule has 0 bridgehead atoms. The zero-order valence-electron chi connectivity index (χ0n) is 10.6. The first kappa shape index (κ1) is 14.9. The van der Waals surface area contributed by atoms with Crippen LogP contribution < -0.4 is 10.6 Å². The lowest BCUT2D eigenvalue weighted by molar-refractivity contribution is -0.139. The lowest BCUT2D eigenvalue weighted by Crippen LogP contribution is -2.45. The summed E-state index contributed by atoms with van der Waals surface area (Å²) in [5.74, 6) is -1.40. The molecule has 5 nitrogen and oxygen atoms in total. The first-order valence-electron chi connectivity index (χ1n) is 6.04. The van der Waals surface area contributed by atoms with Crippen molar-refractivity contribution in [2.24, 2.45) is 0 Å². The minimum atomic E-state index is -1.06. The fraction of sp³-hybridized carbons (Fsp3) is 0.385. The number of hydrogen-bond donors (Lipinski definition) is 3. The number of rotatable bonds is 6. The Kier molecular flexibility index (Phi) is 5.78. The van der Waals surface area contributed by atoms with E-state index in [2.05, 4.69) is 10.6 Å². The Morgan fingerprint density at radius 2 is 1.95 bits per heavy atom. The standard InChI is InChI=1S/C13H17FN2O3/c1-2-3-11(12(17)18)16-13(19)15-8-9-4-6-10(14)7-5-9/h4-7,11H,2-3,8H2,1H3,(H,17,18)(H2,15,16,19)/t11-/m0/s1. The van der Waals surface area contributed by atoms with E-state index < -0.39 is 18.0 Å². The zero-order valence-corrected chi connectivity index (χ0v) is 10.6. The highest BCUT2D eigenvalue weighted by Gasteiger charge is 2.18. The van der Waals surface area contributed by atoms with Gasteiger partial charge in [-0.1, -0.05) is 25.5 Å². The molecule has 0 fully saturated rings. The summed E-state index contributed by atoms with van der Waals surface area (Å²) in [4.78, 5) is 22.4. The molecule has 1 aromatic rings. The SMILES string of the molecule is CCC[C@H](NC(=O)NCc1ccc(F)cc1)C(=O)O. The van der Waals surface area contributed by atoms with Gasteiger partial charge < -0.3 is 15.7 Å². The molecule has 0 saturated carbocycles. The van der Waals surface area contributed by atoms with E-state index >= 15 is 0 Å². The Balaban J connectivity index is 2.42. The Labute approximate surface area is 110 Å². The molecule has 3 N–H and O–H groups in total. The van der Waals surface area contributed by atoms with Crippen LogP contribution in [0.1, 0.15) is 25.3 Å². The number of carbonyl (C=O) groups excluding carboxylic acids is 1. The first-order chi connectivity index (χ1) is 9.02. The number of hydrogen-bond acceptors (Lipinski definition) is 2. The number of halogens is 1. The second kappa shape index (κ2) is 7.35. The molecule has 0 aliphatic rings. The van der Waals surface area contributed by atoms with Crippen LogP contribution in [-0.2, 0) is 11.3 Å². The number of aliphatic carboxylic acids is 1. The molecule has 19 heavy (non-hydrogen) atoms. The monoisotopic (exact) mass is 268 g/mol. The lowest BCUT2D eigenvalue weighted by atomic mass is 10.2. The average Bonchev–Trinajstić information content (AvgIpc) is 2.37. The van der Waals surface area contributed by atoms with Gasteiger partial charge in [0.1, 0.15) is 11.9 Å².